The van der Waals surface area contributed by atoms with E-state index in [2.05, 4.69) is 31.9 Å². The molecule has 0 aromatic heterocycles. The van der Waals surface area contributed by atoms with Gasteiger partial charge in [-0.2, -0.15) is 0 Å². The highest BCUT2D eigenvalue weighted by atomic mass is 16.2. The standard InChI is InChI=1S/C23H43N7O4/c1-5-11-24-17(31)22(18(32)25-12-6-2)9-15-30-16-10-23(29-21(30)28-22,19(33)26-13-7-3)20(34)27-14-8-4/h21,28-29H,5-16H2,1-4H3,(H,24,31)(H,25,32)(H,26,33)(H,27,34). The Labute approximate surface area is 202 Å². The Kier molecular flexibility index (Phi) is 10.7. The second-order valence-electron chi connectivity index (χ2n) is 9.06. The zero-order valence-corrected chi connectivity index (χ0v) is 21.1. The van der Waals surface area contributed by atoms with E-state index in [1.807, 2.05) is 32.6 Å². The van der Waals surface area contributed by atoms with Gasteiger partial charge in [-0.05, 0) is 38.5 Å². The molecule has 194 valence electrons. The van der Waals surface area contributed by atoms with Crippen molar-refractivity contribution in [1.82, 2.24) is 36.8 Å². The molecule has 2 heterocycles. The van der Waals surface area contributed by atoms with E-state index in [1.165, 1.54) is 0 Å². The van der Waals surface area contributed by atoms with Crippen LogP contribution in [0, 0.1) is 0 Å². The third-order valence-corrected chi connectivity index (χ3v) is 6.37. The van der Waals surface area contributed by atoms with E-state index in [0.717, 1.165) is 25.7 Å². The van der Waals surface area contributed by atoms with E-state index in [-0.39, 0.29) is 12.8 Å². The van der Waals surface area contributed by atoms with Crippen LogP contribution in [0.15, 0.2) is 0 Å². The van der Waals surface area contributed by atoms with Crippen LogP contribution in [-0.2, 0) is 19.2 Å². The van der Waals surface area contributed by atoms with Crippen LogP contribution in [0.2, 0.25) is 0 Å². The summed E-state index contributed by atoms with van der Waals surface area (Å²) in [6, 6.07) is 0. The molecule has 0 saturated carbocycles. The van der Waals surface area contributed by atoms with Crippen molar-refractivity contribution < 1.29 is 19.2 Å². The van der Waals surface area contributed by atoms with Gasteiger partial charge in [-0.3, -0.25) is 34.7 Å². The quantitative estimate of drug-likeness (QED) is 0.199. The fraction of sp³-hybridized carbons (Fsp3) is 0.826. The van der Waals surface area contributed by atoms with Gasteiger partial charge in [0.15, 0.2) is 11.1 Å². The number of carbonyl (C=O) groups excluding carboxylic acids is 4. The van der Waals surface area contributed by atoms with E-state index >= 15 is 0 Å². The number of amides is 4. The predicted molar refractivity (Wildman–Crippen MR) is 130 cm³/mol. The lowest BCUT2D eigenvalue weighted by Crippen LogP contribution is -2.82. The molecule has 11 heteroatoms. The van der Waals surface area contributed by atoms with Crippen LogP contribution in [0.1, 0.15) is 66.2 Å². The summed E-state index contributed by atoms with van der Waals surface area (Å²) in [6.07, 6.45) is 2.83. The van der Waals surface area contributed by atoms with Crippen molar-refractivity contribution in [2.24, 2.45) is 0 Å². The molecule has 4 amide bonds. The van der Waals surface area contributed by atoms with Crippen LogP contribution in [0.3, 0.4) is 0 Å². The number of carbonyl (C=O) groups is 4. The molecule has 2 rings (SSSR count). The molecular formula is C23H43N7O4. The van der Waals surface area contributed by atoms with Crippen LogP contribution in [0.25, 0.3) is 0 Å². The van der Waals surface area contributed by atoms with Gasteiger partial charge in [0, 0.05) is 39.3 Å². The van der Waals surface area contributed by atoms with E-state index < -0.39 is 41.0 Å². The topological polar surface area (TPSA) is 144 Å². The first kappa shape index (κ1) is 28.0. The molecule has 2 aliphatic rings. The first-order valence-corrected chi connectivity index (χ1v) is 12.7. The Morgan fingerprint density at radius 1 is 0.647 bits per heavy atom. The minimum atomic E-state index is -1.50. The molecule has 0 spiro atoms. The lowest BCUT2D eigenvalue weighted by atomic mass is 9.85. The third-order valence-electron chi connectivity index (χ3n) is 6.37. The molecule has 6 N–H and O–H groups in total. The van der Waals surface area contributed by atoms with Crippen LogP contribution >= 0.6 is 0 Å². The van der Waals surface area contributed by atoms with Crippen molar-refractivity contribution in [3.63, 3.8) is 0 Å². The maximum Gasteiger partial charge on any atom is 0.250 e. The molecule has 2 saturated heterocycles. The number of hydrogen-bond donors (Lipinski definition) is 6. The van der Waals surface area contributed by atoms with E-state index in [9.17, 15) is 19.2 Å². The summed E-state index contributed by atoms with van der Waals surface area (Å²) in [4.78, 5) is 54.9. The van der Waals surface area contributed by atoms with Crippen LogP contribution in [0.4, 0.5) is 0 Å². The molecule has 0 aromatic carbocycles. The van der Waals surface area contributed by atoms with Crippen molar-refractivity contribution in [3.05, 3.63) is 0 Å². The number of nitrogens with zero attached hydrogens (tertiary/aromatic N) is 1. The summed E-state index contributed by atoms with van der Waals surface area (Å²) in [5.74, 6) is -1.59. The first-order valence-electron chi connectivity index (χ1n) is 12.7. The number of hydrogen-bond acceptors (Lipinski definition) is 7. The van der Waals surface area contributed by atoms with Crippen LogP contribution in [-0.4, -0.2) is 85.2 Å². The monoisotopic (exact) mass is 481 g/mol. The molecule has 2 aliphatic heterocycles. The van der Waals surface area contributed by atoms with Crippen LogP contribution in [0.5, 0.6) is 0 Å². The second kappa shape index (κ2) is 13.0. The third kappa shape index (κ3) is 6.05. The first-order chi connectivity index (χ1) is 16.3. The summed E-state index contributed by atoms with van der Waals surface area (Å²) >= 11 is 0. The molecular weight excluding hydrogens is 438 g/mol. The smallest absolute Gasteiger partial charge is 0.250 e. The molecule has 11 nitrogen and oxygen atoms in total. The lowest BCUT2D eigenvalue weighted by Gasteiger charge is -2.52. The normalized spacial score (nSPS) is 19.5. The Morgan fingerprint density at radius 2 is 0.941 bits per heavy atom. The fourth-order valence-corrected chi connectivity index (χ4v) is 4.30. The summed E-state index contributed by atoms with van der Waals surface area (Å²) in [7, 11) is 0. The van der Waals surface area contributed by atoms with Crippen LogP contribution < -0.4 is 31.9 Å². The molecule has 2 fully saturated rings. The summed E-state index contributed by atoms with van der Waals surface area (Å²) < 4.78 is 0. The summed E-state index contributed by atoms with van der Waals surface area (Å²) in [5, 5.41) is 17.8. The van der Waals surface area contributed by atoms with E-state index in [4.69, 9.17) is 0 Å². The minimum Gasteiger partial charge on any atom is -0.354 e. The molecule has 0 aromatic rings. The van der Waals surface area contributed by atoms with Gasteiger partial charge in [0.05, 0.1) is 0 Å². The van der Waals surface area contributed by atoms with Crippen molar-refractivity contribution in [2.45, 2.75) is 83.6 Å². The Balaban J connectivity index is 2.35. The average molecular weight is 482 g/mol. The number of rotatable bonds is 12. The van der Waals surface area contributed by atoms with Gasteiger partial charge in [-0.1, -0.05) is 27.7 Å². The maximum absolute atomic E-state index is 13.2. The Morgan fingerprint density at radius 3 is 1.21 bits per heavy atom. The van der Waals surface area contributed by atoms with Crippen molar-refractivity contribution in [2.75, 3.05) is 39.3 Å². The zero-order valence-electron chi connectivity index (χ0n) is 21.1. The predicted octanol–water partition coefficient (Wildman–Crippen LogP) is -0.859. The number of fused-ring (bicyclic) bond motifs is 1. The van der Waals surface area contributed by atoms with Gasteiger partial charge in [0.1, 0.15) is 6.29 Å². The molecule has 0 aliphatic carbocycles. The van der Waals surface area contributed by atoms with Gasteiger partial charge in [0.25, 0.3) is 0 Å². The van der Waals surface area contributed by atoms with Crippen molar-refractivity contribution in [3.8, 4) is 0 Å². The molecule has 0 unspecified atom stereocenters. The average Bonchev–Trinajstić information content (AvgIpc) is 2.86. The maximum atomic E-state index is 13.2. The Hall–Kier alpha value is -2.24. The van der Waals surface area contributed by atoms with Gasteiger partial charge >= 0.3 is 0 Å². The molecule has 34 heavy (non-hydrogen) atoms. The van der Waals surface area contributed by atoms with E-state index in [0.29, 0.717) is 39.3 Å². The van der Waals surface area contributed by atoms with Crippen molar-refractivity contribution in [1.29, 1.82) is 0 Å². The minimum absolute atomic E-state index is 0.285. The van der Waals surface area contributed by atoms with Crippen molar-refractivity contribution >= 4 is 23.6 Å². The highest BCUT2D eigenvalue weighted by molar-refractivity contribution is 6.11. The summed E-state index contributed by atoms with van der Waals surface area (Å²) in [6.45, 7) is 10.5. The molecule has 0 atom stereocenters. The van der Waals surface area contributed by atoms with Gasteiger partial charge in [0.2, 0.25) is 23.6 Å². The van der Waals surface area contributed by atoms with Gasteiger partial charge in [-0.25, -0.2) is 0 Å². The number of nitrogens with one attached hydrogen (secondary N) is 6. The van der Waals surface area contributed by atoms with Gasteiger partial charge < -0.3 is 21.3 Å². The zero-order chi connectivity index (χ0) is 25.2. The van der Waals surface area contributed by atoms with E-state index in [1.54, 1.807) is 0 Å². The lowest BCUT2D eigenvalue weighted by molar-refractivity contribution is -0.150. The Bertz CT molecular complexity index is 632. The highest BCUT2D eigenvalue weighted by Gasteiger charge is 2.56. The molecule has 0 bridgehead atoms. The fourth-order valence-electron chi connectivity index (χ4n) is 4.30. The second-order valence-corrected chi connectivity index (χ2v) is 9.06. The largest absolute Gasteiger partial charge is 0.354 e. The molecule has 0 radical (unpaired) electrons. The highest BCUT2D eigenvalue weighted by Crippen LogP contribution is 2.27. The SMILES string of the molecule is CCCNC(=O)C1(C(=O)NCCC)CCN2CCC(C(=O)NCCC)(C(=O)NCCC)NC2N1. The van der Waals surface area contributed by atoms with Gasteiger partial charge in [-0.15, -0.1) is 0 Å². The summed E-state index contributed by atoms with van der Waals surface area (Å²) in [5.41, 5.74) is -3.00.